The normalized spacial score (nSPS) is 12.6. The minimum atomic E-state index is -0.134. The molecule has 0 radical (unpaired) electrons. The molecule has 0 aliphatic heterocycles. The Morgan fingerprint density at radius 2 is 1.47 bits per heavy atom. The first-order chi connectivity index (χ1) is 7.60. The lowest BCUT2D eigenvalue weighted by Gasteiger charge is -2.21. The van der Waals surface area contributed by atoms with Gasteiger partial charge in [0.25, 0.3) is 0 Å². The van der Waals surface area contributed by atoms with Gasteiger partial charge in [0.1, 0.15) is 0 Å². The minimum absolute atomic E-state index is 0.105. The summed E-state index contributed by atoms with van der Waals surface area (Å²) in [5.41, 5.74) is 0.0240. The lowest BCUT2D eigenvalue weighted by molar-refractivity contribution is -0.122. The van der Waals surface area contributed by atoms with Crippen LogP contribution in [0.25, 0.3) is 0 Å². The van der Waals surface area contributed by atoms with Crippen LogP contribution in [0.3, 0.4) is 0 Å². The summed E-state index contributed by atoms with van der Waals surface area (Å²) in [4.78, 5) is 11.5. The largest absolute Gasteiger partial charge is 0.351 e. The molecule has 0 rings (SSSR count). The third kappa shape index (κ3) is 13.3. The molecule has 0 bridgehead atoms. The van der Waals surface area contributed by atoms with E-state index < -0.39 is 0 Å². The highest BCUT2D eigenvalue weighted by Gasteiger charge is 2.12. The molecule has 102 valence electrons. The van der Waals surface area contributed by atoms with Crippen molar-refractivity contribution in [1.82, 2.24) is 16.0 Å². The molecule has 0 spiro atoms. The van der Waals surface area contributed by atoms with Crippen molar-refractivity contribution < 1.29 is 4.79 Å². The molecule has 0 atom stereocenters. The fraction of sp³-hybridized carbons (Fsp3) is 0.923. The first-order valence-corrected chi connectivity index (χ1v) is 6.37. The van der Waals surface area contributed by atoms with Crippen LogP contribution in [0.5, 0.6) is 0 Å². The van der Waals surface area contributed by atoms with Crippen LogP contribution in [0.15, 0.2) is 0 Å². The number of amides is 1. The topological polar surface area (TPSA) is 53.2 Å². The first kappa shape index (κ1) is 16.4. The maximum Gasteiger partial charge on any atom is 0.221 e. The van der Waals surface area contributed by atoms with E-state index in [9.17, 15) is 4.79 Å². The molecular formula is C13H29N3O. The summed E-state index contributed by atoms with van der Waals surface area (Å²) in [6.07, 6.45) is 0.535. The van der Waals surface area contributed by atoms with Gasteiger partial charge in [-0.05, 0) is 41.5 Å². The fourth-order valence-electron chi connectivity index (χ4n) is 1.33. The summed E-state index contributed by atoms with van der Waals surface area (Å²) >= 11 is 0. The number of carbonyl (C=O) groups is 1. The minimum Gasteiger partial charge on any atom is -0.351 e. The molecule has 4 heteroatoms. The molecule has 0 fully saturated rings. The summed E-state index contributed by atoms with van der Waals surface area (Å²) < 4.78 is 0. The SMILES string of the molecule is CC(C)(C)NCCNCCC(=O)NC(C)(C)C. The quantitative estimate of drug-likeness (QED) is 0.616. The summed E-state index contributed by atoms with van der Waals surface area (Å²) in [5.74, 6) is 0.105. The molecule has 0 saturated heterocycles. The molecule has 1 amide bonds. The standard InChI is InChI=1S/C13H29N3O/c1-12(2,3)15-10-9-14-8-7-11(17)16-13(4,5)6/h14-15H,7-10H2,1-6H3,(H,16,17). The van der Waals surface area contributed by atoms with Gasteiger partial charge in [0.15, 0.2) is 0 Å². The van der Waals surface area contributed by atoms with Crippen molar-refractivity contribution in [2.24, 2.45) is 0 Å². The average molecular weight is 243 g/mol. The van der Waals surface area contributed by atoms with Gasteiger partial charge in [-0.1, -0.05) is 0 Å². The Balaban J connectivity index is 3.44. The van der Waals surface area contributed by atoms with Gasteiger partial charge in [-0.3, -0.25) is 4.79 Å². The third-order valence-corrected chi connectivity index (χ3v) is 2.00. The molecule has 0 saturated carbocycles. The Morgan fingerprint density at radius 3 is 1.94 bits per heavy atom. The maximum absolute atomic E-state index is 11.5. The van der Waals surface area contributed by atoms with Gasteiger partial charge in [-0.2, -0.15) is 0 Å². The zero-order valence-corrected chi connectivity index (χ0v) is 12.2. The van der Waals surface area contributed by atoms with E-state index in [1.807, 2.05) is 20.8 Å². The van der Waals surface area contributed by atoms with Crippen LogP contribution in [-0.4, -0.2) is 36.6 Å². The van der Waals surface area contributed by atoms with Gasteiger partial charge >= 0.3 is 0 Å². The third-order valence-electron chi connectivity index (χ3n) is 2.00. The van der Waals surface area contributed by atoms with E-state index in [-0.39, 0.29) is 17.0 Å². The van der Waals surface area contributed by atoms with Crippen molar-refractivity contribution >= 4 is 5.91 Å². The molecule has 3 N–H and O–H groups in total. The van der Waals surface area contributed by atoms with E-state index in [1.165, 1.54) is 0 Å². The highest BCUT2D eigenvalue weighted by atomic mass is 16.1. The molecule has 0 aromatic rings. The molecule has 0 aliphatic rings. The van der Waals surface area contributed by atoms with Crippen LogP contribution in [0.2, 0.25) is 0 Å². The van der Waals surface area contributed by atoms with Crippen LogP contribution in [0.1, 0.15) is 48.0 Å². The zero-order valence-electron chi connectivity index (χ0n) is 12.2. The second kappa shape index (κ2) is 6.97. The van der Waals surface area contributed by atoms with E-state index in [0.29, 0.717) is 6.42 Å². The summed E-state index contributed by atoms with van der Waals surface area (Å²) in [6.45, 7) is 14.9. The van der Waals surface area contributed by atoms with Crippen molar-refractivity contribution in [3.8, 4) is 0 Å². The Bertz CT molecular complexity index is 226. The van der Waals surface area contributed by atoms with Crippen molar-refractivity contribution in [3.05, 3.63) is 0 Å². The van der Waals surface area contributed by atoms with Crippen LogP contribution in [0.4, 0.5) is 0 Å². The number of carbonyl (C=O) groups excluding carboxylic acids is 1. The molecule has 0 aromatic carbocycles. The molecular weight excluding hydrogens is 214 g/mol. The number of rotatable bonds is 6. The van der Waals surface area contributed by atoms with Crippen molar-refractivity contribution in [2.75, 3.05) is 19.6 Å². The van der Waals surface area contributed by atoms with E-state index >= 15 is 0 Å². The van der Waals surface area contributed by atoms with E-state index in [1.54, 1.807) is 0 Å². The summed E-state index contributed by atoms with van der Waals surface area (Å²) in [5, 5.41) is 9.58. The van der Waals surface area contributed by atoms with Crippen LogP contribution < -0.4 is 16.0 Å². The zero-order chi connectivity index (χ0) is 13.5. The average Bonchev–Trinajstić information content (AvgIpc) is 2.06. The van der Waals surface area contributed by atoms with Gasteiger partial charge < -0.3 is 16.0 Å². The van der Waals surface area contributed by atoms with Gasteiger partial charge in [0.2, 0.25) is 5.91 Å². The molecule has 0 unspecified atom stereocenters. The molecule has 4 nitrogen and oxygen atoms in total. The van der Waals surface area contributed by atoms with E-state index in [2.05, 4.69) is 36.7 Å². The Labute approximate surface area is 106 Å². The van der Waals surface area contributed by atoms with E-state index in [0.717, 1.165) is 19.6 Å². The Morgan fingerprint density at radius 1 is 0.882 bits per heavy atom. The number of nitrogens with one attached hydrogen (secondary N) is 3. The molecule has 0 aromatic heterocycles. The van der Waals surface area contributed by atoms with Gasteiger partial charge in [0.05, 0.1) is 0 Å². The van der Waals surface area contributed by atoms with Gasteiger partial charge in [-0.25, -0.2) is 0 Å². The monoisotopic (exact) mass is 243 g/mol. The Kier molecular flexibility index (Phi) is 6.72. The molecule has 0 heterocycles. The van der Waals surface area contributed by atoms with Crippen molar-refractivity contribution in [3.63, 3.8) is 0 Å². The van der Waals surface area contributed by atoms with Gasteiger partial charge in [-0.15, -0.1) is 0 Å². The van der Waals surface area contributed by atoms with Crippen LogP contribution in [-0.2, 0) is 4.79 Å². The predicted molar refractivity (Wildman–Crippen MR) is 73.1 cm³/mol. The van der Waals surface area contributed by atoms with Gasteiger partial charge in [0, 0.05) is 37.1 Å². The maximum atomic E-state index is 11.5. The first-order valence-electron chi connectivity index (χ1n) is 6.37. The van der Waals surface area contributed by atoms with Crippen molar-refractivity contribution in [2.45, 2.75) is 59.0 Å². The molecule has 17 heavy (non-hydrogen) atoms. The lowest BCUT2D eigenvalue weighted by atomic mass is 10.1. The number of hydrogen-bond donors (Lipinski definition) is 3. The predicted octanol–water partition coefficient (Wildman–Crippen LogP) is 1.27. The highest BCUT2D eigenvalue weighted by molar-refractivity contribution is 5.76. The smallest absolute Gasteiger partial charge is 0.221 e. The lowest BCUT2D eigenvalue weighted by Crippen LogP contribution is -2.43. The van der Waals surface area contributed by atoms with Crippen molar-refractivity contribution in [1.29, 1.82) is 0 Å². The fourth-order valence-corrected chi connectivity index (χ4v) is 1.33. The highest BCUT2D eigenvalue weighted by Crippen LogP contribution is 1.98. The molecule has 0 aliphatic carbocycles. The second-order valence-corrected chi connectivity index (χ2v) is 6.47. The summed E-state index contributed by atoms with van der Waals surface area (Å²) in [7, 11) is 0. The number of hydrogen-bond acceptors (Lipinski definition) is 3. The Hall–Kier alpha value is -0.610. The van der Waals surface area contributed by atoms with Crippen LogP contribution in [0, 0.1) is 0 Å². The van der Waals surface area contributed by atoms with Crippen LogP contribution >= 0.6 is 0 Å². The van der Waals surface area contributed by atoms with E-state index in [4.69, 9.17) is 0 Å². The second-order valence-electron chi connectivity index (χ2n) is 6.47. The summed E-state index contributed by atoms with van der Waals surface area (Å²) in [6, 6.07) is 0.